The summed E-state index contributed by atoms with van der Waals surface area (Å²) >= 11 is 6.12. The van der Waals surface area contributed by atoms with Crippen molar-refractivity contribution in [3.05, 3.63) is 35.0 Å². The number of halogens is 1. The van der Waals surface area contributed by atoms with Gasteiger partial charge in [0.2, 0.25) is 0 Å². The predicted octanol–water partition coefficient (Wildman–Crippen LogP) is 3.36. The van der Waals surface area contributed by atoms with Gasteiger partial charge in [0, 0.05) is 19.6 Å². The van der Waals surface area contributed by atoms with E-state index in [1.165, 1.54) is 0 Å². The Morgan fingerprint density at radius 2 is 2.05 bits per heavy atom. The Hall–Kier alpha value is -1.07. The van der Waals surface area contributed by atoms with E-state index in [-0.39, 0.29) is 6.04 Å². The van der Waals surface area contributed by atoms with Gasteiger partial charge < -0.3 is 19.2 Å². The van der Waals surface area contributed by atoms with Crippen LogP contribution in [0.5, 0.6) is 0 Å². The van der Waals surface area contributed by atoms with Gasteiger partial charge in [-0.05, 0) is 18.7 Å². The lowest BCUT2D eigenvalue weighted by atomic mass is 10.2. The first-order chi connectivity index (χ1) is 9.21. The largest absolute Gasteiger partial charge is 0.458 e. The van der Waals surface area contributed by atoms with Crippen LogP contribution < -0.4 is 5.32 Å². The predicted molar refractivity (Wildman–Crippen MR) is 75.4 cm³/mol. The van der Waals surface area contributed by atoms with Crippen molar-refractivity contribution < 1.29 is 13.9 Å². The Balaban J connectivity index is 2.41. The second-order valence-corrected chi connectivity index (χ2v) is 4.59. The minimum atomic E-state index is -0.417. The molecule has 0 fully saturated rings. The molecule has 5 heteroatoms. The fraction of sp³-hybridized carbons (Fsp3) is 0.429. The molecule has 1 atom stereocenters. The van der Waals surface area contributed by atoms with Crippen LogP contribution in [0, 0.1) is 0 Å². The monoisotopic (exact) mass is 283 g/mol. The number of likely N-dealkylation sites (N-methyl/N-ethyl adjacent to an activating group) is 1. The molecule has 0 radical (unpaired) electrons. The summed E-state index contributed by atoms with van der Waals surface area (Å²) in [5, 5.41) is 4.87. The van der Waals surface area contributed by atoms with Gasteiger partial charge in [-0.2, -0.15) is 0 Å². The molecule has 0 amide bonds. The highest BCUT2D eigenvalue weighted by molar-refractivity contribution is 6.34. The molecular formula is C14H18ClNO3. The number of furan rings is 1. The molecular weight excluding hydrogens is 266 g/mol. The maximum absolute atomic E-state index is 6.12. The molecule has 0 aliphatic rings. The highest BCUT2D eigenvalue weighted by Crippen LogP contribution is 2.31. The highest BCUT2D eigenvalue weighted by atomic mass is 35.5. The van der Waals surface area contributed by atoms with Gasteiger partial charge in [-0.15, -0.1) is 0 Å². The van der Waals surface area contributed by atoms with Crippen molar-refractivity contribution in [1.29, 1.82) is 0 Å². The maximum atomic E-state index is 6.12. The summed E-state index contributed by atoms with van der Waals surface area (Å²) in [6, 6.07) is 7.45. The zero-order valence-electron chi connectivity index (χ0n) is 11.3. The summed E-state index contributed by atoms with van der Waals surface area (Å²) in [7, 11) is 3.21. The van der Waals surface area contributed by atoms with Crippen LogP contribution in [-0.4, -0.2) is 27.1 Å². The van der Waals surface area contributed by atoms with Gasteiger partial charge in [0.15, 0.2) is 11.9 Å². The minimum Gasteiger partial charge on any atom is -0.458 e. The van der Waals surface area contributed by atoms with E-state index in [9.17, 15) is 0 Å². The summed E-state index contributed by atoms with van der Waals surface area (Å²) < 4.78 is 16.5. The Bertz CT molecular complexity index is 536. The van der Waals surface area contributed by atoms with Gasteiger partial charge in [-0.1, -0.05) is 30.7 Å². The van der Waals surface area contributed by atoms with E-state index in [2.05, 4.69) is 5.32 Å². The van der Waals surface area contributed by atoms with Crippen molar-refractivity contribution in [2.45, 2.75) is 19.3 Å². The van der Waals surface area contributed by atoms with Gasteiger partial charge in [0.05, 0.1) is 5.02 Å². The lowest BCUT2D eigenvalue weighted by Gasteiger charge is -2.23. The molecule has 1 unspecified atom stereocenters. The summed E-state index contributed by atoms with van der Waals surface area (Å²) in [4.78, 5) is 0. The molecule has 2 aromatic rings. The number of methoxy groups -OCH3 is 2. The summed E-state index contributed by atoms with van der Waals surface area (Å²) in [5.41, 5.74) is 0.688. The van der Waals surface area contributed by atoms with Crippen molar-refractivity contribution in [3.63, 3.8) is 0 Å². The molecule has 1 N–H and O–H groups in total. The van der Waals surface area contributed by atoms with Crippen LogP contribution in [0.3, 0.4) is 0 Å². The minimum absolute atomic E-state index is 0.177. The quantitative estimate of drug-likeness (QED) is 0.826. The van der Waals surface area contributed by atoms with Gasteiger partial charge in [0.25, 0.3) is 0 Å². The zero-order valence-corrected chi connectivity index (χ0v) is 12.0. The molecule has 1 heterocycles. The van der Waals surface area contributed by atoms with Crippen LogP contribution in [0.4, 0.5) is 0 Å². The number of hydrogen-bond acceptors (Lipinski definition) is 4. The maximum Gasteiger partial charge on any atom is 0.179 e. The summed E-state index contributed by atoms with van der Waals surface area (Å²) in [6.45, 7) is 2.80. The van der Waals surface area contributed by atoms with Gasteiger partial charge in [0.1, 0.15) is 11.8 Å². The van der Waals surface area contributed by atoms with Crippen molar-refractivity contribution in [2.75, 3.05) is 20.8 Å². The Morgan fingerprint density at radius 3 is 2.63 bits per heavy atom. The second-order valence-electron chi connectivity index (χ2n) is 4.18. The number of rotatable bonds is 6. The average molecular weight is 284 g/mol. The number of fused-ring (bicyclic) bond motifs is 1. The summed E-state index contributed by atoms with van der Waals surface area (Å²) in [6.07, 6.45) is -0.417. The van der Waals surface area contributed by atoms with E-state index in [0.717, 1.165) is 17.7 Å². The first-order valence-corrected chi connectivity index (χ1v) is 6.56. The van der Waals surface area contributed by atoms with Crippen LogP contribution in [0.15, 0.2) is 28.7 Å². The van der Waals surface area contributed by atoms with Crippen LogP contribution in [0.2, 0.25) is 5.02 Å². The standard InChI is InChI=1S/C14H18ClNO3/c1-4-16-12(14(17-2)18-3)11-8-9-6-5-7-10(15)13(9)19-11/h5-8,12,14,16H,4H2,1-3H3. The normalized spacial score (nSPS) is 13.3. The lowest BCUT2D eigenvalue weighted by molar-refractivity contribution is -0.126. The zero-order chi connectivity index (χ0) is 13.8. The molecule has 1 aromatic carbocycles. The Labute approximate surface area is 117 Å². The van der Waals surface area contributed by atoms with E-state index in [1.54, 1.807) is 14.2 Å². The van der Waals surface area contributed by atoms with E-state index in [1.807, 2.05) is 31.2 Å². The van der Waals surface area contributed by atoms with Crippen molar-refractivity contribution in [1.82, 2.24) is 5.32 Å². The number of nitrogens with one attached hydrogen (secondary N) is 1. The van der Waals surface area contributed by atoms with Gasteiger partial charge in [-0.3, -0.25) is 0 Å². The first-order valence-electron chi connectivity index (χ1n) is 6.18. The van der Waals surface area contributed by atoms with Crippen molar-refractivity contribution in [3.8, 4) is 0 Å². The SMILES string of the molecule is CCNC(c1cc2cccc(Cl)c2o1)C(OC)OC. The van der Waals surface area contributed by atoms with E-state index in [4.69, 9.17) is 25.5 Å². The Kier molecular flexibility index (Phi) is 4.82. The Morgan fingerprint density at radius 1 is 1.32 bits per heavy atom. The van der Waals surface area contributed by atoms with E-state index >= 15 is 0 Å². The van der Waals surface area contributed by atoms with Gasteiger partial charge in [-0.25, -0.2) is 0 Å². The molecule has 0 aliphatic carbocycles. The van der Waals surface area contributed by atoms with Crippen molar-refractivity contribution >= 4 is 22.6 Å². The third-order valence-corrected chi connectivity index (χ3v) is 3.28. The first kappa shape index (κ1) is 14.3. The smallest absolute Gasteiger partial charge is 0.179 e. The lowest BCUT2D eigenvalue weighted by Crippen LogP contribution is -2.34. The summed E-state index contributed by atoms with van der Waals surface area (Å²) in [5.74, 6) is 0.749. The van der Waals surface area contributed by atoms with E-state index in [0.29, 0.717) is 10.6 Å². The number of benzene rings is 1. The molecule has 1 aromatic heterocycles. The molecule has 0 aliphatic heterocycles. The number of hydrogen-bond donors (Lipinski definition) is 1. The molecule has 0 spiro atoms. The molecule has 0 saturated heterocycles. The third kappa shape index (κ3) is 2.92. The number of ether oxygens (including phenoxy) is 2. The average Bonchev–Trinajstić information content (AvgIpc) is 2.84. The van der Waals surface area contributed by atoms with Crippen molar-refractivity contribution in [2.24, 2.45) is 0 Å². The van der Waals surface area contributed by atoms with Crippen LogP contribution in [-0.2, 0) is 9.47 Å². The highest BCUT2D eigenvalue weighted by Gasteiger charge is 2.25. The number of para-hydroxylation sites is 1. The van der Waals surface area contributed by atoms with E-state index < -0.39 is 6.29 Å². The van der Waals surface area contributed by atoms with Crippen LogP contribution in [0.1, 0.15) is 18.7 Å². The second kappa shape index (κ2) is 6.39. The molecule has 0 bridgehead atoms. The fourth-order valence-electron chi connectivity index (χ4n) is 2.12. The molecule has 0 saturated carbocycles. The fourth-order valence-corrected chi connectivity index (χ4v) is 2.34. The topological polar surface area (TPSA) is 43.6 Å². The molecule has 19 heavy (non-hydrogen) atoms. The van der Waals surface area contributed by atoms with Crippen LogP contribution >= 0.6 is 11.6 Å². The molecule has 2 rings (SSSR count). The third-order valence-electron chi connectivity index (χ3n) is 2.98. The van der Waals surface area contributed by atoms with Crippen LogP contribution in [0.25, 0.3) is 11.0 Å². The van der Waals surface area contributed by atoms with Gasteiger partial charge >= 0.3 is 0 Å². The molecule has 4 nitrogen and oxygen atoms in total. The molecule has 104 valence electrons.